The fourth-order valence-electron chi connectivity index (χ4n) is 5.13. The molecule has 5 rings (SSSR count). The molecule has 1 aliphatic heterocycles. The number of likely N-dealkylation sites (N-methyl/N-ethyl adjacent to an activating group) is 1. The van der Waals surface area contributed by atoms with E-state index in [-0.39, 0.29) is 18.5 Å². The van der Waals surface area contributed by atoms with Crippen LogP contribution in [0, 0.1) is 12.7 Å². The highest BCUT2D eigenvalue weighted by atomic mass is 19.1. The highest BCUT2D eigenvalue weighted by molar-refractivity contribution is 6.02. The van der Waals surface area contributed by atoms with E-state index in [2.05, 4.69) is 69.3 Å². The van der Waals surface area contributed by atoms with E-state index >= 15 is 0 Å². The molecule has 2 heterocycles. The van der Waals surface area contributed by atoms with Crippen molar-refractivity contribution in [3.63, 3.8) is 0 Å². The zero-order valence-corrected chi connectivity index (χ0v) is 24.4. The first-order valence-corrected chi connectivity index (χ1v) is 14.4. The van der Waals surface area contributed by atoms with Gasteiger partial charge in [0.2, 0.25) is 0 Å². The van der Waals surface area contributed by atoms with Crippen LogP contribution in [0.4, 0.5) is 15.8 Å². The number of hydrogen-bond acceptors (Lipinski definition) is 6. The van der Waals surface area contributed by atoms with Gasteiger partial charge < -0.3 is 19.7 Å². The first-order valence-electron chi connectivity index (χ1n) is 14.4. The standard InChI is InChI=1S/C34H38FN5O2/c1-4-31(21-41)39(3)14-15-40-13-12-27(20-40)26-8-10-32-28(18-26)19-34(37-23-36-32)38-30-9-11-33(24(2)16-30)42-22-25-6-5-7-29(35)17-25/h5-13,16-18,20,23,31,41H,4,14-15,19,21-22H2,1-3H3,(H,36,37,38). The summed E-state index contributed by atoms with van der Waals surface area (Å²) < 4.78 is 21.6. The second-order valence-electron chi connectivity index (χ2n) is 10.7. The molecule has 2 N–H and O–H groups in total. The number of aryl methyl sites for hydroxylation is 1. The predicted molar refractivity (Wildman–Crippen MR) is 168 cm³/mol. The number of halogens is 1. The third-order valence-corrected chi connectivity index (χ3v) is 7.69. The maximum Gasteiger partial charge on any atom is 0.123 e. The number of aromatic nitrogens is 1. The Morgan fingerprint density at radius 1 is 1.10 bits per heavy atom. The first kappa shape index (κ1) is 29.2. The van der Waals surface area contributed by atoms with Crippen LogP contribution in [0.2, 0.25) is 0 Å². The Bertz CT molecular complexity index is 1570. The van der Waals surface area contributed by atoms with Crippen molar-refractivity contribution in [2.24, 2.45) is 9.98 Å². The molecule has 1 atom stereocenters. The van der Waals surface area contributed by atoms with Gasteiger partial charge in [-0.25, -0.2) is 14.4 Å². The summed E-state index contributed by atoms with van der Waals surface area (Å²) in [4.78, 5) is 11.3. The number of amidine groups is 1. The molecule has 8 heteroatoms. The molecule has 0 saturated heterocycles. The number of aliphatic hydroxyl groups is 1. The van der Waals surface area contributed by atoms with Gasteiger partial charge in [-0.05, 0) is 96.7 Å². The van der Waals surface area contributed by atoms with Crippen LogP contribution in [0.3, 0.4) is 0 Å². The van der Waals surface area contributed by atoms with Crippen molar-refractivity contribution in [3.8, 4) is 16.9 Å². The third kappa shape index (κ3) is 7.32. The molecule has 3 aromatic carbocycles. The highest BCUT2D eigenvalue weighted by Crippen LogP contribution is 2.30. The predicted octanol–water partition coefficient (Wildman–Crippen LogP) is 6.61. The molecule has 1 aliphatic rings. The fraction of sp³-hybridized carbons (Fsp3) is 0.294. The Hall–Kier alpha value is -4.27. The van der Waals surface area contributed by atoms with Gasteiger partial charge in [0.25, 0.3) is 0 Å². The quantitative estimate of drug-likeness (QED) is 0.214. The van der Waals surface area contributed by atoms with Gasteiger partial charge in [0, 0.05) is 43.6 Å². The number of benzene rings is 3. The molecule has 0 aliphatic carbocycles. The van der Waals surface area contributed by atoms with Crippen LogP contribution in [0.25, 0.3) is 11.1 Å². The number of anilines is 1. The molecule has 42 heavy (non-hydrogen) atoms. The Kier molecular flexibility index (Phi) is 9.46. The van der Waals surface area contributed by atoms with Crippen LogP contribution in [-0.4, -0.2) is 53.0 Å². The van der Waals surface area contributed by atoms with E-state index < -0.39 is 0 Å². The zero-order chi connectivity index (χ0) is 29.5. The summed E-state index contributed by atoms with van der Waals surface area (Å²) in [6, 6.07) is 21.0. The van der Waals surface area contributed by atoms with E-state index in [4.69, 9.17) is 4.74 Å². The van der Waals surface area contributed by atoms with Crippen LogP contribution < -0.4 is 10.1 Å². The summed E-state index contributed by atoms with van der Waals surface area (Å²) in [5.41, 5.74) is 6.96. The smallest absolute Gasteiger partial charge is 0.123 e. The van der Waals surface area contributed by atoms with Gasteiger partial charge in [0.05, 0.1) is 12.3 Å². The lowest BCUT2D eigenvalue weighted by Crippen LogP contribution is -2.36. The van der Waals surface area contributed by atoms with Gasteiger partial charge in [-0.3, -0.25) is 4.90 Å². The largest absolute Gasteiger partial charge is 0.489 e. The van der Waals surface area contributed by atoms with Crippen molar-refractivity contribution in [1.29, 1.82) is 0 Å². The number of aliphatic hydroxyl groups excluding tert-OH is 1. The van der Waals surface area contributed by atoms with Gasteiger partial charge in [-0.1, -0.05) is 25.1 Å². The molecule has 218 valence electrons. The number of aliphatic imine (C=N–C) groups is 2. The lowest BCUT2D eigenvalue weighted by molar-refractivity contribution is 0.140. The summed E-state index contributed by atoms with van der Waals surface area (Å²) in [5, 5.41) is 13.0. The number of ether oxygens (including phenoxy) is 1. The topological polar surface area (TPSA) is 74.4 Å². The fourth-order valence-corrected chi connectivity index (χ4v) is 5.13. The van der Waals surface area contributed by atoms with E-state index in [0.29, 0.717) is 13.0 Å². The van der Waals surface area contributed by atoms with Gasteiger partial charge >= 0.3 is 0 Å². The Labute approximate surface area is 247 Å². The number of hydrogen-bond donors (Lipinski definition) is 2. The Balaban J connectivity index is 1.22. The molecule has 0 bridgehead atoms. The Morgan fingerprint density at radius 3 is 2.76 bits per heavy atom. The SMILES string of the molecule is CCC(CO)N(C)CCn1ccc(-c2ccc3c(c2)CC(Nc2ccc(OCc4cccc(F)c4)c(C)c2)=NC=N3)c1. The average Bonchev–Trinajstić information content (AvgIpc) is 3.37. The minimum Gasteiger partial charge on any atom is -0.489 e. The summed E-state index contributed by atoms with van der Waals surface area (Å²) in [6.07, 6.45) is 7.42. The van der Waals surface area contributed by atoms with E-state index in [1.54, 1.807) is 12.4 Å². The average molecular weight is 568 g/mol. The number of rotatable bonds is 11. The molecule has 0 spiro atoms. The maximum absolute atomic E-state index is 13.5. The molecule has 1 aromatic heterocycles. The molecular weight excluding hydrogens is 529 g/mol. The summed E-state index contributed by atoms with van der Waals surface area (Å²) in [7, 11) is 2.06. The number of fused-ring (bicyclic) bond motifs is 1. The van der Waals surface area contributed by atoms with Crippen LogP contribution in [0.1, 0.15) is 30.0 Å². The first-order chi connectivity index (χ1) is 20.4. The highest BCUT2D eigenvalue weighted by Gasteiger charge is 2.14. The van der Waals surface area contributed by atoms with Crippen molar-refractivity contribution in [1.82, 2.24) is 9.47 Å². The normalized spacial score (nSPS) is 13.4. The van der Waals surface area contributed by atoms with Crippen molar-refractivity contribution >= 4 is 23.5 Å². The molecule has 1 unspecified atom stereocenters. The van der Waals surface area contributed by atoms with Crippen molar-refractivity contribution in [2.75, 3.05) is 25.5 Å². The summed E-state index contributed by atoms with van der Waals surface area (Å²) in [5.74, 6) is 1.29. The van der Waals surface area contributed by atoms with Crippen LogP contribution in [0.15, 0.2) is 89.1 Å². The van der Waals surface area contributed by atoms with Crippen LogP contribution in [0.5, 0.6) is 5.75 Å². The minimum atomic E-state index is -0.268. The monoisotopic (exact) mass is 567 g/mol. The van der Waals surface area contributed by atoms with E-state index in [1.165, 1.54) is 12.1 Å². The van der Waals surface area contributed by atoms with Crippen LogP contribution >= 0.6 is 0 Å². The lowest BCUT2D eigenvalue weighted by Gasteiger charge is -2.25. The van der Waals surface area contributed by atoms with E-state index in [1.807, 2.05) is 37.3 Å². The second-order valence-corrected chi connectivity index (χ2v) is 10.7. The second kappa shape index (κ2) is 13.6. The number of nitrogens with zero attached hydrogens (tertiary/aromatic N) is 4. The number of nitrogens with one attached hydrogen (secondary N) is 1. The van der Waals surface area contributed by atoms with Crippen LogP contribution in [-0.2, 0) is 19.6 Å². The summed E-state index contributed by atoms with van der Waals surface area (Å²) >= 11 is 0. The van der Waals surface area contributed by atoms with Crippen molar-refractivity contribution in [3.05, 3.63) is 102 Å². The molecular formula is C34H38FN5O2. The molecule has 0 amide bonds. The van der Waals surface area contributed by atoms with Gasteiger partial charge in [0.1, 0.15) is 30.3 Å². The van der Waals surface area contributed by atoms with Gasteiger partial charge in [0.15, 0.2) is 0 Å². The van der Waals surface area contributed by atoms with Crippen molar-refractivity contribution in [2.45, 2.75) is 45.9 Å². The van der Waals surface area contributed by atoms with Gasteiger partial charge in [-0.2, -0.15) is 0 Å². The molecule has 7 nitrogen and oxygen atoms in total. The van der Waals surface area contributed by atoms with E-state index in [0.717, 1.165) is 70.3 Å². The molecule has 4 aromatic rings. The lowest BCUT2D eigenvalue weighted by atomic mass is 10.0. The summed E-state index contributed by atoms with van der Waals surface area (Å²) in [6.45, 7) is 6.30. The Morgan fingerprint density at radius 2 is 1.98 bits per heavy atom. The van der Waals surface area contributed by atoms with Gasteiger partial charge in [-0.15, -0.1) is 0 Å². The zero-order valence-electron chi connectivity index (χ0n) is 24.4. The van der Waals surface area contributed by atoms with Crippen molar-refractivity contribution < 1.29 is 14.2 Å². The minimum absolute atomic E-state index is 0.180. The molecule has 0 saturated carbocycles. The third-order valence-electron chi connectivity index (χ3n) is 7.69. The molecule has 0 radical (unpaired) electrons. The molecule has 0 fully saturated rings. The van der Waals surface area contributed by atoms with E-state index in [9.17, 15) is 9.50 Å². The maximum atomic E-state index is 13.5.